The molecule has 1 aliphatic carbocycles. The highest BCUT2D eigenvalue weighted by Gasteiger charge is 2.52. The van der Waals surface area contributed by atoms with Gasteiger partial charge in [0.15, 0.2) is 0 Å². The zero-order valence-corrected chi connectivity index (χ0v) is 20.3. The molecule has 7 heteroatoms. The van der Waals surface area contributed by atoms with Crippen LogP contribution < -0.4 is 5.32 Å². The summed E-state index contributed by atoms with van der Waals surface area (Å²) >= 11 is 0. The molecule has 0 radical (unpaired) electrons. The van der Waals surface area contributed by atoms with Gasteiger partial charge in [-0.3, -0.25) is 14.8 Å². The van der Waals surface area contributed by atoms with E-state index in [0.29, 0.717) is 12.4 Å². The van der Waals surface area contributed by atoms with Crippen molar-refractivity contribution in [2.24, 2.45) is 7.05 Å². The molecule has 1 aliphatic rings. The summed E-state index contributed by atoms with van der Waals surface area (Å²) in [6.45, 7) is 7.70. The molecule has 178 valence electrons. The Balaban J connectivity index is 1.51. The predicted octanol–water partition coefficient (Wildman–Crippen LogP) is 5.70. The van der Waals surface area contributed by atoms with E-state index in [1.54, 1.807) is 17.9 Å². The van der Waals surface area contributed by atoms with Crippen molar-refractivity contribution < 1.29 is 19.1 Å². The van der Waals surface area contributed by atoms with Gasteiger partial charge in [0.1, 0.15) is 11.4 Å². The lowest BCUT2D eigenvalue weighted by molar-refractivity contribution is -0.146. The smallest absolute Gasteiger partial charge is 0.413 e. The van der Waals surface area contributed by atoms with E-state index in [9.17, 15) is 9.59 Å². The van der Waals surface area contributed by atoms with E-state index < -0.39 is 17.1 Å². The summed E-state index contributed by atoms with van der Waals surface area (Å²) in [6.07, 6.45) is 2.88. The Kier molecular flexibility index (Phi) is 6.21. The van der Waals surface area contributed by atoms with Crippen molar-refractivity contribution in [1.29, 1.82) is 0 Å². The molecule has 34 heavy (non-hydrogen) atoms. The topological polar surface area (TPSA) is 82.5 Å². The normalized spacial score (nSPS) is 14.4. The summed E-state index contributed by atoms with van der Waals surface area (Å²) in [4.78, 5) is 24.6. The monoisotopic (exact) mass is 461 g/mol. The fraction of sp³-hybridized carbons (Fsp3) is 0.370. The first-order chi connectivity index (χ1) is 16.1. The van der Waals surface area contributed by atoms with Crippen molar-refractivity contribution in [3.8, 4) is 22.3 Å². The van der Waals surface area contributed by atoms with E-state index in [2.05, 4.69) is 10.4 Å². The van der Waals surface area contributed by atoms with E-state index >= 15 is 0 Å². The van der Waals surface area contributed by atoms with Crippen molar-refractivity contribution >= 4 is 17.9 Å². The van der Waals surface area contributed by atoms with Crippen LogP contribution in [0.5, 0.6) is 0 Å². The molecule has 3 aromatic rings. The number of carbonyl (C=O) groups excluding carboxylic acids is 2. The standard InChI is InChI=1S/C27H31N3O4/c1-6-33-24(31)27(15-16-27)21-13-11-19(12-14-21)18-7-9-20(10-8-18)22-17-28-30(5)23(22)29-25(32)34-26(2,3)4/h7-14,17H,6,15-16H2,1-5H3,(H,29,32). The first kappa shape index (κ1) is 23.5. The van der Waals surface area contributed by atoms with Crippen LogP contribution in [0.3, 0.4) is 0 Å². The van der Waals surface area contributed by atoms with Crippen molar-refractivity contribution in [2.75, 3.05) is 11.9 Å². The minimum absolute atomic E-state index is 0.126. The summed E-state index contributed by atoms with van der Waals surface area (Å²) in [5.74, 6) is 0.444. The van der Waals surface area contributed by atoms with Crippen LogP contribution in [0.15, 0.2) is 54.7 Å². The maximum atomic E-state index is 12.4. The number of esters is 1. The van der Waals surface area contributed by atoms with Gasteiger partial charge >= 0.3 is 12.1 Å². The molecule has 1 aromatic heterocycles. The van der Waals surface area contributed by atoms with Crippen LogP contribution in [0.2, 0.25) is 0 Å². The SMILES string of the molecule is CCOC(=O)C1(c2ccc(-c3ccc(-c4cnn(C)c4NC(=O)OC(C)(C)C)cc3)cc2)CC1. The van der Waals surface area contributed by atoms with E-state index in [0.717, 1.165) is 40.7 Å². The molecule has 1 saturated carbocycles. The molecular weight excluding hydrogens is 430 g/mol. The van der Waals surface area contributed by atoms with Crippen molar-refractivity contribution in [3.05, 3.63) is 60.3 Å². The van der Waals surface area contributed by atoms with Gasteiger partial charge in [-0.25, -0.2) is 4.79 Å². The molecular formula is C27H31N3O4. The summed E-state index contributed by atoms with van der Waals surface area (Å²) in [6, 6.07) is 16.2. The first-order valence-electron chi connectivity index (χ1n) is 11.5. The Morgan fingerprint density at radius 2 is 1.56 bits per heavy atom. The van der Waals surface area contributed by atoms with E-state index in [1.165, 1.54) is 0 Å². The molecule has 2 aromatic carbocycles. The highest BCUT2D eigenvalue weighted by Crippen LogP contribution is 2.49. The molecule has 1 heterocycles. The maximum absolute atomic E-state index is 12.4. The molecule has 0 unspecified atom stereocenters. The van der Waals surface area contributed by atoms with Gasteiger partial charge in [-0.15, -0.1) is 0 Å². The molecule has 0 aliphatic heterocycles. The number of ether oxygens (including phenoxy) is 2. The number of carbonyl (C=O) groups is 2. The van der Waals surface area contributed by atoms with E-state index in [-0.39, 0.29) is 5.97 Å². The predicted molar refractivity (Wildman–Crippen MR) is 131 cm³/mol. The fourth-order valence-corrected chi connectivity index (χ4v) is 4.03. The lowest BCUT2D eigenvalue weighted by atomic mass is 9.93. The van der Waals surface area contributed by atoms with Gasteiger partial charge in [-0.1, -0.05) is 48.5 Å². The minimum Gasteiger partial charge on any atom is -0.465 e. The number of amides is 1. The molecule has 0 saturated heterocycles. The number of hydrogen-bond acceptors (Lipinski definition) is 5. The van der Waals surface area contributed by atoms with Crippen molar-refractivity contribution in [1.82, 2.24) is 9.78 Å². The largest absolute Gasteiger partial charge is 0.465 e. The molecule has 4 rings (SSSR count). The van der Waals surface area contributed by atoms with Crippen LogP contribution in [-0.4, -0.2) is 34.1 Å². The van der Waals surface area contributed by atoms with Crippen molar-refractivity contribution in [3.63, 3.8) is 0 Å². The van der Waals surface area contributed by atoms with Gasteiger partial charge in [0.2, 0.25) is 0 Å². The lowest BCUT2D eigenvalue weighted by Gasteiger charge is -2.20. The minimum atomic E-state index is -0.588. The van der Waals surface area contributed by atoms with Crippen LogP contribution in [0, 0.1) is 0 Å². The summed E-state index contributed by atoms with van der Waals surface area (Å²) in [7, 11) is 1.77. The van der Waals surface area contributed by atoms with Gasteiger partial charge in [-0.05, 0) is 62.8 Å². The van der Waals surface area contributed by atoms with Crippen molar-refractivity contribution in [2.45, 2.75) is 51.6 Å². The Morgan fingerprint density at radius 3 is 2.09 bits per heavy atom. The summed E-state index contributed by atoms with van der Waals surface area (Å²) < 4.78 is 12.3. The molecule has 1 N–H and O–H groups in total. The number of hydrogen-bond donors (Lipinski definition) is 1. The first-order valence-corrected chi connectivity index (χ1v) is 11.5. The van der Waals surface area contributed by atoms with E-state index in [1.807, 2.05) is 76.2 Å². The van der Waals surface area contributed by atoms with Gasteiger partial charge in [0.05, 0.1) is 18.2 Å². The Bertz CT molecular complexity index is 1180. The Labute approximate surface area is 200 Å². The highest BCUT2D eigenvalue weighted by molar-refractivity contribution is 5.90. The second-order valence-electron chi connectivity index (χ2n) is 9.61. The third kappa shape index (κ3) is 4.83. The van der Waals surface area contributed by atoms with Crippen LogP contribution in [-0.2, 0) is 26.7 Å². The fourth-order valence-electron chi connectivity index (χ4n) is 4.03. The van der Waals surface area contributed by atoms with E-state index in [4.69, 9.17) is 9.47 Å². The highest BCUT2D eigenvalue weighted by atomic mass is 16.6. The summed E-state index contributed by atoms with van der Waals surface area (Å²) in [5.41, 5.74) is 3.82. The van der Waals surface area contributed by atoms with Gasteiger partial charge in [-0.2, -0.15) is 5.10 Å². The second kappa shape index (κ2) is 8.97. The maximum Gasteiger partial charge on any atom is 0.413 e. The van der Waals surface area contributed by atoms with Crippen LogP contribution >= 0.6 is 0 Å². The number of benzene rings is 2. The number of nitrogens with zero attached hydrogens (tertiary/aromatic N) is 2. The lowest BCUT2D eigenvalue weighted by Crippen LogP contribution is -2.28. The molecule has 0 atom stereocenters. The third-order valence-corrected chi connectivity index (χ3v) is 5.94. The third-order valence-electron chi connectivity index (χ3n) is 5.94. The number of nitrogens with one attached hydrogen (secondary N) is 1. The average molecular weight is 462 g/mol. The molecule has 1 amide bonds. The number of rotatable bonds is 6. The molecule has 0 bridgehead atoms. The average Bonchev–Trinajstić information content (AvgIpc) is 3.53. The zero-order chi connectivity index (χ0) is 24.5. The van der Waals surface area contributed by atoms with Gasteiger partial charge < -0.3 is 9.47 Å². The number of aromatic nitrogens is 2. The Hall–Kier alpha value is -3.61. The molecule has 0 spiro atoms. The van der Waals surface area contributed by atoms with Gasteiger partial charge in [0.25, 0.3) is 0 Å². The zero-order valence-electron chi connectivity index (χ0n) is 20.3. The van der Waals surface area contributed by atoms with Gasteiger partial charge in [0, 0.05) is 12.6 Å². The Morgan fingerprint density at radius 1 is 1.00 bits per heavy atom. The molecule has 1 fully saturated rings. The van der Waals surface area contributed by atoms with Crippen LogP contribution in [0.1, 0.15) is 46.1 Å². The van der Waals surface area contributed by atoms with Crippen LogP contribution in [0.25, 0.3) is 22.3 Å². The molecule has 7 nitrogen and oxygen atoms in total. The number of anilines is 1. The second-order valence-corrected chi connectivity index (χ2v) is 9.61. The van der Waals surface area contributed by atoms with Crippen LogP contribution in [0.4, 0.5) is 10.6 Å². The number of aryl methyl sites for hydroxylation is 1. The quantitative estimate of drug-likeness (QED) is 0.477. The summed E-state index contributed by atoms with van der Waals surface area (Å²) in [5, 5.41) is 7.10.